The maximum Gasteiger partial charge on any atom is 0.0336 e. The Kier molecular flexibility index (Phi) is 4.14. The Morgan fingerprint density at radius 2 is 1.76 bits per heavy atom. The Bertz CT molecular complexity index is 237. The van der Waals surface area contributed by atoms with Crippen molar-refractivity contribution in [1.29, 1.82) is 0 Å². The zero-order valence-corrected chi connectivity index (χ0v) is 11.9. The molecule has 0 aromatic heterocycles. The van der Waals surface area contributed by atoms with Crippen molar-refractivity contribution in [3.63, 3.8) is 0 Å². The molecule has 2 rings (SSSR count). The number of nitrogens with two attached hydrogens (primary N) is 1. The SMILES string of the molecule is CCN(CC1CC1)C1(CN)CC(C)CC(C)C1. The molecular formula is C15H30N2. The second-order valence-corrected chi connectivity index (χ2v) is 6.76. The normalized spacial score (nSPS) is 38.6. The molecule has 17 heavy (non-hydrogen) atoms. The fourth-order valence-electron chi connectivity index (χ4n) is 4.06. The van der Waals surface area contributed by atoms with Gasteiger partial charge in [-0.15, -0.1) is 0 Å². The van der Waals surface area contributed by atoms with Gasteiger partial charge in [-0.3, -0.25) is 4.90 Å². The summed E-state index contributed by atoms with van der Waals surface area (Å²) in [5, 5.41) is 0. The Balaban J connectivity index is 2.08. The van der Waals surface area contributed by atoms with Crippen molar-refractivity contribution in [3.05, 3.63) is 0 Å². The van der Waals surface area contributed by atoms with Gasteiger partial charge in [0.25, 0.3) is 0 Å². The molecule has 100 valence electrons. The smallest absolute Gasteiger partial charge is 0.0336 e. The first kappa shape index (κ1) is 13.4. The van der Waals surface area contributed by atoms with E-state index < -0.39 is 0 Å². The van der Waals surface area contributed by atoms with Crippen LogP contribution in [0.1, 0.15) is 52.9 Å². The number of nitrogens with zero attached hydrogens (tertiary/aromatic N) is 1. The van der Waals surface area contributed by atoms with Crippen LogP contribution in [0.2, 0.25) is 0 Å². The van der Waals surface area contributed by atoms with Gasteiger partial charge in [-0.25, -0.2) is 0 Å². The van der Waals surface area contributed by atoms with E-state index in [2.05, 4.69) is 25.7 Å². The molecule has 2 aliphatic carbocycles. The highest BCUT2D eigenvalue weighted by Gasteiger charge is 2.42. The van der Waals surface area contributed by atoms with E-state index in [1.807, 2.05) is 0 Å². The topological polar surface area (TPSA) is 29.3 Å². The fourth-order valence-corrected chi connectivity index (χ4v) is 4.06. The minimum Gasteiger partial charge on any atom is -0.329 e. The van der Waals surface area contributed by atoms with Crippen molar-refractivity contribution < 1.29 is 0 Å². The molecule has 0 heterocycles. The van der Waals surface area contributed by atoms with Crippen LogP contribution in [-0.2, 0) is 0 Å². The summed E-state index contributed by atoms with van der Waals surface area (Å²) in [6.45, 7) is 10.4. The van der Waals surface area contributed by atoms with Gasteiger partial charge in [0.1, 0.15) is 0 Å². The third-order valence-electron chi connectivity index (χ3n) is 4.87. The predicted octanol–water partition coefficient (Wildman–Crippen LogP) is 2.87. The Labute approximate surface area is 107 Å². The maximum atomic E-state index is 6.19. The summed E-state index contributed by atoms with van der Waals surface area (Å²) in [5.41, 5.74) is 6.51. The lowest BCUT2D eigenvalue weighted by Crippen LogP contribution is -2.58. The molecule has 2 N–H and O–H groups in total. The molecule has 0 saturated heterocycles. The first-order chi connectivity index (χ1) is 8.09. The van der Waals surface area contributed by atoms with Crippen molar-refractivity contribution in [2.45, 2.75) is 58.4 Å². The van der Waals surface area contributed by atoms with Gasteiger partial charge in [-0.2, -0.15) is 0 Å². The van der Waals surface area contributed by atoms with Crippen LogP contribution in [0.25, 0.3) is 0 Å². The van der Waals surface area contributed by atoms with Crippen molar-refractivity contribution in [2.24, 2.45) is 23.5 Å². The summed E-state index contributed by atoms with van der Waals surface area (Å²) in [5.74, 6) is 2.66. The average Bonchev–Trinajstić information content (AvgIpc) is 3.08. The van der Waals surface area contributed by atoms with Crippen molar-refractivity contribution in [1.82, 2.24) is 4.90 Å². The Morgan fingerprint density at radius 1 is 1.18 bits per heavy atom. The zero-order chi connectivity index (χ0) is 12.5. The molecule has 0 bridgehead atoms. The highest BCUT2D eigenvalue weighted by atomic mass is 15.2. The van der Waals surface area contributed by atoms with E-state index in [1.165, 1.54) is 45.2 Å². The number of hydrogen-bond acceptors (Lipinski definition) is 2. The van der Waals surface area contributed by atoms with Gasteiger partial charge in [0.05, 0.1) is 0 Å². The predicted molar refractivity (Wildman–Crippen MR) is 73.9 cm³/mol. The maximum absolute atomic E-state index is 6.19. The minimum absolute atomic E-state index is 0.314. The summed E-state index contributed by atoms with van der Waals surface area (Å²) in [4.78, 5) is 2.72. The van der Waals surface area contributed by atoms with Gasteiger partial charge in [-0.1, -0.05) is 20.8 Å². The Morgan fingerprint density at radius 3 is 2.18 bits per heavy atom. The van der Waals surface area contributed by atoms with Crippen LogP contribution >= 0.6 is 0 Å². The van der Waals surface area contributed by atoms with Crippen LogP contribution in [0.5, 0.6) is 0 Å². The second-order valence-electron chi connectivity index (χ2n) is 6.76. The summed E-state index contributed by atoms with van der Waals surface area (Å²) < 4.78 is 0. The lowest BCUT2D eigenvalue weighted by molar-refractivity contribution is 0.0197. The quantitative estimate of drug-likeness (QED) is 0.798. The first-order valence-corrected chi connectivity index (χ1v) is 7.54. The zero-order valence-electron chi connectivity index (χ0n) is 11.9. The summed E-state index contributed by atoms with van der Waals surface area (Å²) in [7, 11) is 0. The van der Waals surface area contributed by atoms with Crippen LogP contribution in [0.4, 0.5) is 0 Å². The fraction of sp³-hybridized carbons (Fsp3) is 1.00. The second kappa shape index (κ2) is 5.27. The van der Waals surface area contributed by atoms with Crippen molar-refractivity contribution >= 4 is 0 Å². The molecule has 2 unspecified atom stereocenters. The van der Waals surface area contributed by atoms with E-state index in [-0.39, 0.29) is 0 Å². The molecule has 2 fully saturated rings. The van der Waals surface area contributed by atoms with Gasteiger partial charge in [-0.05, 0) is 56.4 Å². The summed E-state index contributed by atoms with van der Waals surface area (Å²) in [6.07, 6.45) is 6.91. The first-order valence-electron chi connectivity index (χ1n) is 7.54. The lowest BCUT2D eigenvalue weighted by Gasteiger charge is -2.49. The van der Waals surface area contributed by atoms with Crippen LogP contribution in [-0.4, -0.2) is 30.1 Å². The summed E-state index contributed by atoms with van der Waals surface area (Å²) >= 11 is 0. The standard InChI is InChI=1S/C15H30N2/c1-4-17(10-14-5-6-14)15(11-16)8-12(2)7-13(3)9-15/h12-14H,4-11,16H2,1-3H3. The number of likely N-dealkylation sites (N-methyl/N-ethyl adjacent to an activating group) is 1. The lowest BCUT2D eigenvalue weighted by atomic mass is 9.70. The van der Waals surface area contributed by atoms with Gasteiger partial charge in [0.2, 0.25) is 0 Å². The van der Waals surface area contributed by atoms with E-state index in [1.54, 1.807) is 0 Å². The molecule has 2 nitrogen and oxygen atoms in total. The van der Waals surface area contributed by atoms with E-state index in [9.17, 15) is 0 Å². The minimum atomic E-state index is 0.314. The van der Waals surface area contributed by atoms with Crippen LogP contribution in [0.15, 0.2) is 0 Å². The molecule has 2 saturated carbocycles. The molecule has 0 aromatic rings. The third kappa shape index (κ3) is 3.03. The Hall–Kier alpha value is -0.0800. The summed E-state index contributed by atoms with van der Waals surface area (Å²) in [6, 6.07) is 0. The van der Waals surface area contributed by atoms with E-state index in [0.29, 0.717) is 5.54 Å². The van der Waals surface area contributed by atoms with Crippen molar-refractivity contribution in [2.75, 3.05) is 19.6 Å². The van der Waals surface area contributed by atoms with E-state index >= 15 is 0 Å². The monoisotopic (exact) mass is 238 g/mol. The third-order valence-corrected chi connectivity index (χ3v) is 4.87. The van der Waals surface area contributed by atoms with Crippen LogP contribution in [0, 0.1) is 17.8 Å². The highest BCUT2D eigenvalue weighted by molar-refractivity contribution is 4.98. The van der Waals surface area contributed by atoms with Gasteiger partial charge in [0, 0.05) is 18.6 Å². The molecule has 0 spiro atoms. The van der Waals surface area contributed by atoms with E-state index in [4.69, 9.17) is 5.73 Å². The number of rotatable bonds is 5. The molecule has 0 amide bonds. The van der Waals surface area contributed by atoms with Gasteiger partial charge >= 0.3 is 0 Å². The number of hydrogen-bond donors (Lipinski definition) is 1. The molecule has 0 aliphatic heterocycles. The van der Waals surface area contributed by atoms with E-state index in [0.717, 1.165) is 24.3 Å². The van der Waals surface area contributed by atoms with Gasteiger partial charge in [0.15, 0.2) is 0 Å². The molecular weight excluding hydrogens is 208 g/mol. The average molecular weight is 238 g/mol. The molecule has 2 aliphatic rings. The highest BCUT2D eigenvalue weighted by Crippen LogP contribution is 2.41. The molecule has 0 aromatic carbocycles. The molecule has 2 atom stereocenters. The molecule has 2 heteroatoms. The van der Waals surface area contributed by atoms with Crippen molar-refractivity contribution in [3.8, 4) is 0 Å². The van der Waals surface area contributed by atoms with Crippen LogP contribution < -0.4 is 5.73 Å². The largest absolute Gasteiger partial charge is 0.329 e. The van der Waals surface area contributed by atoms with Gasteiger partial charge < -0.3 is 5.73 Å². The van der Waals surface area contributed by atoms with Crippen LogP contribution in [0.3, 0.4) is 0 Å². The molecule has 0 radical (unpaired) electrons.